The number of anilines is 1. The van der Waals surface area contributed by atoms with Crippen molar-refractivity contribution in [2.24, 2.45) is 0 Å². The van der Waals surface area contributed by atoms with Gasteiger partial charge >= 0.3 is 0 Å². The zero-order valence-electron chi connectivity index (χ0n) is 10.4. The summed E-state index contributed by atoms with van der Waals surface area (Å²) in [6.45, 7) is 7.50. The lowest BCUT2D eigenvalue weighted by molar-refractivity contribution is 0.311. The van der Waals surface area contributed by atoms with Crippen molar-refractivity contribution in [2.45, 2.75) is 13.3 Å². The first-order valence-electron chi connectivity index (χ1n) is 6.26. The highest BCUT2D eigenvalue weighted by Crippen LogP contribution is 2.17. The van der Waals surface area contributed by atoms with E-state index >= 15 is 0 Å². The van der Waals surface area contributed by atoms with E-state index in [1.807, 2.05) is 12.3 Å². The second kappa shape index (κ2) is 6.22. The van der Waals surface area contributed by atoms with E-state index in [4.69, 9.17) is 11.6 Å². The van der Waals surface area contributed by atoms with Crippen LogP contribution in [0.15, 0.2) is 18.3 Å². The molecule has 0 N–H and O–H groups in total. The molecule has 17 heavy (non-hydrogen) atoms. The van der Waals surface area contributed by atoms with Crippen LogP contribution in [0.4, 0.5) is 5.82 Å². The average molecular weight is 254 g/mol. The third kappa shape index (κ3) is 3.33. The minimum absolute atomic E-state index is 0.725. The van der Waals surface area contributed by atoms with Crippen molar-refractivity contribution >= 4 is 17.4 Å². The molecular formula is C13H20ClN3. The van der Waals surface area contributed by atoms with Crippen LogP contribution < -0.4 is 4.90 Å². The van der Waals surface area contributed by atoms with E-state index < -0.39 is 0 Å². The van der Waals surface area contributed by atoms with Gasteiger partial charge in [-0.3, -0.25) is 0 Å². The topological polar surface area (TPSA) is 19.4 Å². The molecule has 3 nitrogen and oxygen atoms in total. The first-order valence-corrected chi connectivity index (χ1v) is 6.79. The first-order chi connectivity index (χ1) is 8.31. The number of alkyl halides is 1. The van der Waals surface area contributed by atoms with Crippen molar-refractivity contribution in [3.63, 3.8) is 0 Å². The second-order valence-corrected chi connectivity index (χ2v) is 4.89. The Morgan fingerprint density at radius 1 is 1.29 bits per heavy atom. The fourth-order valence-electron chi connectivity index (χ4n) is 2.33. The fraction of sp³-hybridized carbons (Fsp3) is 0.615. The Kier molecular flexibility index (Phi) is 4.63. The molecule has 0 bridgehead atoms. The number of nitrogens with zero attached hydrogens (tertiary/aromatic N) is 3. The van der Waals surface area contributed by atoms with Crippen LogP contribution >= 0.6 is 11.6 Å². The van der Waals surface area contributed by atoms with Gasteiger partial charge in [0.25, 0.3) is 0 Å². The molecule has 0 aromatic carbocycles. The van der Waals surface area contributed by atoms with Crippen LogP contribution in [0.2, 0.25) is 0 Å². The van der Waals surface area contributed by atoms with Crippen LogP contribution in [0.3, 0.4) is 0 Å². The molecule has 0 spiro atoms. The molecule has 1 aliphatic heterocycles. The summed E-state index contributed by atoms with van der Waals surface area (Å²) in [4.78, 5) is 9.32. The predicted molar refractivity (Wildman–Crippen MR) is 73.0 cm³/mol. The monoisotopic (exact) mass is 253 g/mol. The van der Waals surface area contributed by atoms with Gasteiger partial charge in [0.15, 0.2) is 0 Å². The molecule has 94 valence electrons. The summed E-state index contributed by atoms with van der Waals surface area (Å²) in [5.74, 6) is 1.86. The smallest absolute Gasteiger partial charge is 0.131 e. The van der Waals surface area contributed by atoms with Crippen LogP contribution in [-0.4, -0.2) is 48.5 Å². The largest absolute Gasteiger partial charge is 0.355 e. The quantitative estimate of drug-likeness (QED) is 0.770. The molecule has 1 aromatic rings. The molecular weight excluding hydrogens is 234 g/mol. The lowest BCUT2D eigenvalue weighted by Gasteiger charge is -2.23. The maximum atomic E-state index is 5.80. The minimum atomic E-state index is 0.725. The molecule has 0 saturated carbocycles. The van der Waals surface area contributed by atoms with E-state index in [1.54, 1.807) is 0 Å². The molecule has 2 heterocycles. The number of hydrogen-bond donors (Lipinski definition) is 0. The highest BCUT2D eigenvalue weighted by Gasteiger charge is 2.16. The summed E-state index contributed by atoms with van der Waals surface area (Å²) in [7, 11) is 0. The van der Waals surface area contributed by atoms with Crippen molar-refractivity contribution in [2.75, 3.05) is 43.5 Å². The zero-order chi connectivity index (χ0) is 12.1. The lowest BCUT2D eigenvalue weighted by atomic mass is 10.2. The van der Waals surface area contributed by atoms with Gasteiger partial charge in [-0.05, 0) is 31.5 Å². The Balaban J connectivity index is 2.01. The molecule has 1 aliphatic rings. The number of rotatable bonds is 3. The van der Waals surface area contributed by atoms with Gasteiger partial charge in [-0.15, -0.1) is 11.6 Å². The molecule has 0 aliphatic carbocycles. The Bertz CT molecular complexity index is 356. The highest BCUT2D eigenvalue weighted by atomic mass is 35.5. The third-order valence-electron chi connectivity index (χ3n) is 3.27. The van der Waals surface area contributed by atoms with Crippen molar-refractivity contribution in [1.82, 2.24) is 9.88 Å². The number of halogens is 1. The number of hydrogen-bond acceptors (Lipinski definition) is 3. The first kappa shape index (κ1) is 12.7. The fourth-order valence-corrected chi connectivity index (χ4v) is 2.57. The van der Waals surface area contributed by atoms with Gasteiger partial charge in [-0.25, -0.2) is 4.98 Å². The van der Waals surface area contributed by atoms with E-state index in [0.717, 1.165) is 44.4 Å². The molecule has 4 heteroatoms. The molecule has 1 fully saturated rings. The van der Waals surface area contributed by atoms with Gasteiger partial charge < -0.3 is 9.80 Å². The highest BCUT2D eigenvalue weighted by molar-refractivity contribution is 6.18. The maximum absolute atomic E-state index is 5.80. The second-order valence-electron chi connectivity index (χ2n) is 4.52. The predicted octanol–water partition coefficient (Wildman–Crippen LogP) is 2.14. The Morgan fingerprint density at radius 3 is 2.94 bits per heavy atom. The lowest BCUT2D eigenvalue weighted by Crippen LogP contribution is -2.32. The van der Waals surface area contributed by atoms with Crippen LogP contribution in [0.1, 0.15) is 12.0 Å². The molecule has 0 unspecified atom stereocenters. The van der Waals surface area contributed by atoms with E-state index in [-0.39, 0.29) is 0 Å². The van der Waals surface area contributed by atoms with E-state index in [1.165, 1.54) is 12.0 Å². The number of aromatic nitrogens is 1. The van der Waals surface area contributed by atoms with Gasteiger partial charge in [-0.2, -0.15) is 0 Å². The molecule has 0 radical (unpaired) electrons. The van der Waals surface area contributed by atoms with Crippen molar-refractivity contribution in [3.05, 3.63) is 23.9 Å². The minimum Gasteiger partial charge on any atom is -0.355 e. The van der Waals surface area contributed by atoms with Crippen LogP contribution in [0, 0.1) is 6.92 Å². The van der Waals surface area contributed by atoms with Gasteiger partial charge in [-0.1, -0.05) is 6.07 Å². The molecule has 1 saturated heterocycles. The van der Waals surface area contributed by atoms with E-state index in [0.29, 0.717) is 0 Å². The van der Waals surface area contributed by atoms with Crippen LogP contribution in [0.25, 0.3) is 0 Å². The molecule has 0 atom stereocenters. The maximum Gasteiger partial charge on any atom is 0.131 e. The van der Waals surface area contributed by atoms with Gasteiger partial charge in [0, 0.05) is 38.3 Å². The number of aryl methyl sites for hydroxylation is 1. The van der Waals surface area contributed by atoms with E-state index in [9.17, 15) is 0 Å². The van der Waals surface area contributed by atoms with Crippen LogP contribution in [-0.2, 0) is 0 Å². The number of pyridine rings is 1. The summed E-state index contributed by atoms with van der Waals surface area (Å²) in [6, 6.07) is 4.13. The summed E-state index contributed by atoms with van der Waals surface area (Å²) in [6.07, 6.45) is 3.07. The Labute approximate surface area is 108 Å². The summed E-state index contributed by atoms with van der Waals surface area (Å²) in [5.41, 5.74) is 1.26. The summed E-state index contributed by atoms with van der Waals surface area (Å²) >= 11 is 5.80. The van der Waals surface area contributed by atoms with Crippen molar-refractivity contribution < 1.29 is 0 Å². The third-order valence-corrected chi connectivity index (χ3v) is 3.44. The van der Waals surface area contributed by atoms with Crippen LogP contribution in [0.5, 0.6) is 0 Å². The standard InChI is InChI=1S/C13H20ClN3/c1-12-4-2-6-15-13(12)17-8-3-7-16(9-5-14)10-11-17/h2,4,6H,3,5,7-11H2,1H3. The van der Waals surface area contributed by atoms with Gasteiger partial charge in [0.05, 0.1) is 0 Å². The average Bonchev–Trinajstić information content (AvgIpc) is 2.56. The van der Waals surface area contributed by atoms with Crippen molar-refractivity contribution in [1.29, 1.82) is 0 Å². The summed E-state index contributed by atoms with van der Waals surface area (Å²) < 4.78 is 0. The molecule has 2 rings (SSSR count). The normalized spacial score (nSPS) is 18.1. The zero-order valence-corrected chi connectivity index (χ0v) is 11.2. The Morgan fingerprint density at radius 2 is 2.18 bits per heavy atom. The SMILES string of the molecule is Cc1cccnc1N1CCCN(CCCl)CC1. The van der Waals surface area contributed by atoms with Gasteiger partial charge in [0.1, 0.15) is 5.82 Å². The van der Waals surface area contributed by atoms with Crippen molar-refractivity contribution in [3.8, 4) is 0 Å². The molecule has 0 amide bonds. The Hall–Kier alpha value is -0.800. The summed E-state index contributed by atoms with van der Waals surface area (Å²) in [5, 5.41) is 0. The van der Waals surface area contributed by atoms with E-state index in [2.05, 4.69) is 27.8 Å². The molecule has 1 aromatic heterocycles. The van der Waals surface area contributed by atoms with Gasteiger partial charge in [0.2, 0.25) is 0 Å².